The van der Waals surface area contributed by atoms with Gasteiger partial charge in [-0.15, -0.1) is 0 Å². The van der Waals surface area contributed by atoms with Gasteiger partial charge in [-0.3, -0.25) is 38.7 Å². The molecule has 123 heavy (non-hydrogen) atoms. The van der Waals surface area contributed by atoms with Gasteiger partial charge in [0.05, 0.1) is 0 Å². The van der Waals surface area contributed by atoms with E-state index < -0.39 is 17.3 Å². The van der Waals surface area contributed by atoms with Gasteiger partial charge in [0.1, 0.15) is 122 Å². The fourth-order valence-corrected chi connectivity index (χ4v) is 16.3. The molecule has 0 spiro atoms. The summed E-state index contributed by atoms with van der Waals surface area (Å²) in [5.41, 5.74) is 12.3. The van der Waals surface area contributed by atoms with Crippen LogP contribution in [0, 0.1) is 20.8 Å². The molecule has 12 aromatic heterocycles. The van der Waals surface area contributed by atoms with Crippen LogP contribution in [0.4, 0.5) is 52.0 Å². The number of anilines is 9. The Morgan fingerprint density at radius 3 is 0.675 bits per heavy atom. The van der Waals surface area contributed by atoms with Crippen molar-refractivity contribution in [3.63, 3.8) is 0 Å². The van der Waals surface area contributed by atoms with E-state index in [9.17, 15) is 24.0 Å². The van der Waals surface area contributed by atoms with Crippen LogP contribution in [0.1, 0.15) is 188 Å². The Hall–Kier alpha value is -13.7. The van der Waals surface area contributed by atoms with Crippen LogP contribution >= 0.6 is 35.3 Å². The number of aryl methyl sites for hydroxylation is 5. The predicted octanol–water partition coefficient (Wildman–Crippen LogP) is 22.4. The number of pyridine rings is 12. The Kier molecular flexibility index (Phi) is 23.4. The molecular formula is C100H85N15O5S3. The Balaban J connectivity index is 0.000000126. The van der Waals surface area contributed by atoms with E-state index in [-0.39, 0.29) is 73.4 Å². The first-order chi connectivity index (χ1) is 59.0. The Morgan fingerprint density at radius 2 is 0.431 bits per heavy atom. The molecule has 4 aliphatic rings. The van der Waals surface area contributed by atoms with E-state index >= 15 is 0 Å². The van der Waals surface area contributed by atoms with Gasteiger partial charge in [0.15, 0.2) is 0 Å². The number of hydrogen-bond acceptors (Lipinski definition) is 23. The van der Waals surface area contributed by atoms with Gasteiger partial charge in [-0.1, -0.05) is 205 Å². The summed E-state index contributed by atoms with van der Waals surface area (Å²) >= 11 is 4.75. The Labute approximate surface area is 726 Å². The number of fused-ring (bicyclic) bond motifs is 24. The molecule has 23 heteroatoms. The van der Waals surface area contributed by atoms with E-state index in [1.54, 1.807) is 65.6 Å². The van der Waals surface area contributed by atoms with Crippen molar-refractivity contribution in [3.8, 4) is 0 Å². The number of hydrogen-bond donors (Lipinski definition) is 0. The highest BCUT2D eigenvalue weighted by atomic mass is 32.2. The van der Waals surface area contributed by atoms with Gasteiger partial charge in [0, 0.05) is 28.5 Å². The summed E-state index contributed by atoms with van der Waals surface area (Å²) < 4.78 is 0. The van der Waals surface area contributed by atoms with Gasteiger partial charge in [0.2, 0.25) is 28.9 Å². The van der Waals surface area contributed by atoms with Crippen LogP contribution in [0.3, 0.4) is 0 Å². The highest BCUT2D eigenvalue weighted by molar-refractivity contribution is 8.00. The second-order valence-electron chi connectivity index (χ2n) is 33.0. The van der Waals surface area contributed by atoms with Crippen LogP contribution < -0.4 is 14.7 Å². The molecule has 19 rings (SSSR count). The Bertz CT molecular complexity index is 5900. The third kappa shape index (κ3) is 19.1. The maximum absolute atomic E-state index is 13.8. The molecule has 0 atom stereocenters. The molecule has 0 saturated carbocycles. The number of carbonyl (C=O) groups is 5. The molecular weight excluding hydrogens is 1590 g/mol. The van der Waals surface area contributed by atoms with Gasteiger partial charge in [0.25, 0.3) is 0 Å². The summed E-state index contributed by atoms with van der Waals surface area (Å²) in [7, 11) is 0. The first-order valence-corrected chi connectivity index (χ1v) is 42.7. The molecule has 15 aromatic rings. The van der Waals surface area contributed by atoms with Crippen LogP contribution in [0.25, 0.3) is 0 Å². The van der Waals surface area contributed by atoms with Crippen molar-refractivity contribution in [2.45, 2.75) is 142 Å². The lowest BCUT2D eigenvalue weighted by molar-refractivity contribution is 0.100. The van der Waals surface area contributed by atoms with Crippen molar-refractivity contribution >= 4 is 116 Å². The summed E-state index contributed by atoms with van der Waals surface area (Å²) in [6.07, 6.45) is 1.24. The summed E-state index contributed by atoms with van der Waals surface area (Å²) in [6.45, 7) is 25.2. The molecule has 0 unspecified atom stereocenters. The molecule has 608 valence electrons. The number of nitrogens with zero attached hydrogens (tertiary/aromatic N) is 15. The molecule has 24 bridgehead atoms. The molecule has 0 N–H and O–H groups in total. The standard InChI is InChI=1S/C36H30N6.C31H37N3O2.C18H9N3O3.C15H9N3S3/c1-25-13-19-28(20-14-25)40-31-7-4-9-33(37-31)41(29-21-15-26(2)16-22-29)35-11-6-12-36(39-35)42(30-23-17-27(3)18-24-30)34-10-5-8-32(40)38-34;1-29(2,3)18-12-21-10-11-22-13-19(30(4,5)6)15-24(33-22)28(36)26-17-20(31(7,8)9)16-25(34-26)27(35)23(14-18)32-21;22-16-10-4-1-5-11(19-10)17(23)13-7-3-9-15(21-13)18(24)14-8-2-6-12(16)20-14;1-4-10-16-11(5-1)20-13-7-3-9-15(18-13)21-14-8-2-6-12(17-14)19-10/h4-24H,1-3H3;12-17H,10-11H2,1-9H3;1-9H;1-9H. The number of rotatable bonds is 3. The monoisotopic (exact) mass is 1670 g/mol. The van der Waals surface area contributed by atoms with E-state index in [1.165, 1.54) is 53.1 Å². The van der Waals surface area contributed by atoms with E-state index in [0.717, 1.165) is 110 Å². The molecule has 0 aliphatic carbocycles. The minimum Gasteiger partial charge on any atom is -0.285 e. The lowest BCUT2D eigenvalue weighted by Gasteiger charge is -2.30. The van der Waals surface area contributed by atoms with Gasteiger partial charge < -0.3 is 0 Å². The maximum atomic E-state index is 13.8. The number of ketones is 5. The SMILES string of the molecule is CC(C)(C)c1cc2nc(c1)C(=O)c1cc(C(C)(C)C)cc(n1)C(=O)c1cc(C(C)(C)C)cc(n1)CC2.Cc1ccc(N2c3cccc(n3)N(c3ccc(C)cc3)c3cccc(n3)N(c3ccc(C)cc3)c3cccc2n3)cc1.O=C1c2cccc(n2)C(=O)c2cccc(n2)C(=O)c2cccc1n2.c1cc2nc(c1)Sc1cccc(n1)Sc1cccc(n1)S2. The number of benzene rings is 3. The van der Waals surface area contributed by atoms with Gasteiger partial charge in [-0.2, -0.15) is 0 Å². The van der Waals surface area contributed by atoms with Crippen LogP contribution in [-0.2, 0) is 29.1 Å². The zero-order valence-corrected chi connectivity index (χ0v) is 72.3. The fourth-order valence-electron chi connectivity index (χ4n) is 13.8. The van der Waals surface area contributed by atoms with Crippen molar-refractivity contribution in [1.82, 2.24) is 59.8 Å². The van der Waals surface area contributed by atoms with E-state index in [0.29, 0.717) is 24.2 Å². The molecule has 20 nitrogen and oxygen atoms in total. The van der Waals surface area contributed by atoms with E-state index in [2.05, 4.69) is 218 Å². The quantitative estimate of drug-likeness (QED) is 0.159. The van der Waals surface area contributed by atoms with Gasteiger partial charge in [-0.05, 0) is 249 Å². The zero-order chi connectivity index (χ0) is 86.0. The second kappa shape index (κ2) is 34.8. The van der Waals surface area contributed by atoms with Crippen LogP contribution in [0.15, 0.2) is 303 Å². The Morgan fingerprint density at radius 1 is 0.228 bits per heavy atom. The summed E-state index contributed by atoms with van der Waals surface area (Å²) in [4.78, 5) is 128. The average molecular weight is 1670 g/mol. The smallest absolute Gasteiger partial charge is 0.229 e. The van der Waals surface area contributed by atoms with Crippen molar-refractivity contribution < 1.29 is 24.0 Å². The second-order valence-corrected chi connectivity index (χ2v) is 36.2. The van der Waals surface area contributed by atoms with Gasteiger partial charge >= 0.3 is 0 Å². The van der Waals surface area contributed by atoms with E-state index in [4.69, 9.17) is 24.9 Å². The van der Waals surface area contributed by atoms with Crippen molar-refractivity contribution in [2.24, 2.45) is 0 Å². The van der Waals surface area contributed by atoms with E-state index in [1.807, 2.05) is 121 Å². The van der Waals surface area contributed by atoms with Gasteiger partial charge in [-0.25, -0.2) is 59.8 Å². The lowest BCUT2D eigenvalue weighted by atomic mass is 9.85. The number of carbonyl (C=O) groups excluding carboxylic acids is 5. The third-order valence-electron chi connectivity index (χ3n) is 20.5. The molecule has 0 saturated heterocycles. The minimum absolute atomic E-state index is 0.0923. The maximum Gasteiger partial charge on any atom is 0.229 e. The predicted molar refractivity (Wildman–Crippen MR) is 483 cm³/mol. The average Bonchev–Trinajstić information content (AvgIpc) is 1.04. The molecule has 0 fully saturated rings. The normalized spacial score (nSPS) is 13.4. The zero-order valence-electron chi connectivity index (χ0n) is 69.9. The molecule has 4 aliphatic heterocycles. The fraction of sp³-hybridized carbons (Fsp3) is 0.170. The minimum atomic E-state index is -0.448. The van der Waals surface area contributed by atoms with Crippen LogP contribution in [-0.4, -0.2) is 88.7 Å². The summed E-state index contributed by atoms with van der Waals surface area (Å²) in [5.74, 6) is 2.69. The van der Waals surface area contributed by atoms with Crippen LogP contribution in [0.5, 0.6) is 0 Å². The molecule has 0 amide bonds. The van der Waals surface area contributed by atoms with Crippen molar-refractivity contribution in [1.29, 1.82) is 0 Å². The van der Waals surface area contributed by atoms with Crippen LogP contribution in [0.2, 0.25) is 0 Å². The third-order valence-corrected chi connectivity index (χ3v) is 23.1. The summed E-state index contributed by atoms with van der Waals surface area (Å²) in [6, 6.07) is 87.0. The van der Waals surface area contributed by atoms with Crippen molar-refractivity contribution in [3.05, 3.63) is 375 Å². The first-order valence-electron chi connectivity index (χ1n) is 40.2. The largest absolute Gasteiger partial charge is 0.285 e. The molecule has 16 heterocycles. The molecule has 0 radical (unpaired) electrons. The highest BCUT2D eigenvalue weighted by Crippen LogP contribution is 2.43. The lowest BCUT2D eigenvalue weighted by Crippen LogP contribution is -2.20. The first kappa shape index (κ1) is 82.9. The topological polar surface area (TPSA) is 250 Å². The molecule has 3 aromatic carbocycles. The van der Waals surface area contributed by atoms with Crippen molar-refractivity contribution in [2.75, 3.05) is 14.7 Å². The number of aromatic nitrogens is 12. The summed E-state index contributed by atoms with van der Waals surface area (Å²) in [5, 5.41) is 5.70. The highest BCUT2D eigenvalue weighted by Gasteiger charge is 2.31.